The third-order valence-electron chi connectivity index (χ3n) is 2.64. The Labute approximate surface area is 88.3 Å². The third kappa shape index (κ3) is 1.73. The Hall–Kier alpha value is -1.77. The first-order valence-electron chi connectivity index (χ1n) is 4.81. The van der Waals surface area contributed by atoms with E-state index in [4.69, 9.17) is 4.52 Å². The van der Waals surface area contributed by atoms with E-state index in [0.717, 1.165) is 11.3 Å². The molecule has 1 aromatic heterocycles. The van der Waals surface area contributed by atoms with Gasteiger partial charge in [0, 0.05) is 6.07 Å². The average Bonchev–Trinajstić information content (AvgIpc) is 2.71. The summed E-state index contributed by atoms with van der Waals surface area (Å²) in [5.74, 6) is 1.08. The highest BCUT2D eigenvalue weighted by Gasteiger charge is 2.26. The van der Waals surface area contributed by atoms with Crippen molar-refractivity contribution in [2.75, 3.05) is 0 Å². The van der Waals surface area contributed by atoms with E-state index in [1.807, 2.05) is 18.2 Å². The second-order valence-electron chi connectivity index (χ2n) is 4.05. The highest BCUT2D eigenvalue weighted by Crippen LogP contribution is 2.31. The van der Waals surface area contributed by atoms with Gasteiger partial charge < -0.3 is 9.63 Å². The normalized spacial score (nSPS) is 11.6. The van der Waals surface area contributed by atoms with Crippen LogP contribution in [-0.4, -0.2) is 10.3 Å². The van der Waals surface area contributed by atoms with Gasteiger partial charge in [0.1, 0.15) is 11.5 Å². The van der Waals surface area contributed by atoms with Gasteiger partial charge >= 0.3 is 0 Å². The molecule has 2 aromatic rings. The molecule has 1 N–H and O–H groups in total. The molecule has 1 aromatic carbocycles. The number of hydrogen-bond acceptors (Lipinski definition) is 3. The van der Waals surface area contributed by atoms with Gasteiger partial charge in [-0.1, -0.05) is 17.3 Å². The summed E-state index contributed by atoms with van der Waals surface area (Å²) in [4.78, 5) is 0. The predicted octanol–water partition coefficient (Wildman–Crippen LogP) is 2.71. The van der Waals surface area contributed by atoms with Crippen LogP contribution < -0.4 is 0 Å². The van der Waals surface area contributed by atoms with Gasteiger partial charge in [-0.05, 0) is 31.5 Å². The van der Waals surface area contributed by atoms with E-state index in [9.17, 15) is 5.11 Å². The molecule has 0 saturated carbocycles. The summed E-state index contributed by atoms with van der Waals surface area (Å²) < 4.78 is 5.17. The van der Waals surface area contributed by atoms with Crippen molar-refractivity contribution in [1.82, 2.24) is 5.16 Å². The van der Waals surface area contributed by atoms with Crippen LogP contribution in [0.25, 0.3) is 0 Å². The minimum absolute atomic E-state index is 0.232. The maximum Gasteiger partial charge on any atom is 0.146 e. The Balaban J connectivity index is 2.41. The molecule has 0 aliphatic rings. The number of hydrogen-bond donors (Lipinski definition) is 1. The summed E-state index contributed by atoms with van der Waals surface area (Å²) in [6, 6.07) is 8.98. The summed E-state index contributed by atoms with van der Waals surface area (Å²) in [6.45, 7) is 4.11. The zero-order valence-corrected chi connectivity index (χ0v) is 8.77. The van der Waals surface area contributed by atoms with Gasteiger partial charge in [0.2, 0.25) is 0 Å². The first-order valence-corrected chi connectivity index (χ1v) is 4.81. The zero-order valence-electron chi connectivity index (χ0n) is 8.77. The van der Waals surface area contributed by atoms with E-state index < -0.39 is 0 Å². The number of aromatic nitrogens is 1. The summed E-state index contributed by atoms with van der Waals surface area (Å²) in [5.41, 5.74) is 0.849. The molecule has 0 radical (unpaired) electrons. The van der Waals surface area contributed by atoms with Crippen LogP contribution in [0.2, 0.25) is 0 Å². The second kappa shape index (κ2) is 3.42. The molecule has 3 heteroatoms. The number of benzene rings is 1. The molecule has 0 saturated heterocycles. The Morgan fingerprint density at radius 2 is 1.80 bits per heavy atom. The molecule has 3 nitrogen and oxygen atoms in total. The molecule has 0 amide bonds. The van der Waals surface area contributed by atoms with Crippen LogP contribution in [0.15, 0.2) is 41.1 Å². The molecule has 0 atom stereocenters. The van der Waals surface area contributed by atoms with Crippen LogP contribution in [0, 0.1) is 0 Å². The fraction of sp³-hybridized carbons (Fsp3) is 0.250. The summed E-state index contributed by atoms with van der Waals surface area (Å²) in [6.07, 6.45) is 1.64. The Morgan fingerprint density at radius 1 is 1.13 bits per heavy atom. The molecule has 0 spiro atoms. The van der Waals surface area contributed by atoms with Crippen LogP contribution in [0.1, 0.15) is 25.2 Å². The molecule has 78 valence electrons. The van der Waals surface area contributed by atoms with E-state index in [2.05, 4.69) is 19.0 Å². The lowest BCUT2D eigenvalue weighted by Gasteiger charge is -2.21. The van der Waals surface area contributed by atoms with Gasteiger partial charge in [0.05, 0.1) is 11.6 Å². The van der Waals surface area contributed by atoms with E-state index in [1.54, 1.807) is 18.3 Å². The van der Waals surface area contributed by atoms with E-state index >= 15 is 0 Å². The number of aromatic hydroxyl groups is 1. The quantitative estimate of drug-likeness (QED) is 0.816. The van der Waals surface area contributed by atoms with Crippen LogP contribution in [0.3, 0.4) is 0 Å². The standard InChI is InChI=1S/C12H13NO2/c1-12(2,11-7-8-13-15-11)9-3-5-10(14)6-4-9/h3-8,14H,1-2H3. The van der Waals surface area contributed by atoms with Crippen molar-refractivity contribution in [2.45, 2.75) is 19.3 Å². The minimum atomic E-state index is -0.232. The van der Waals surface area contributed by atoms with Crippen molar-refractivity contribution >= 4 is 0 Å². The van der Waals surface area contributed by atoms with Crippen molar-refractivity contribution < 1.29 is 9.63 Å². The number of phenols is 1. The molecule has 0 aliphatic heterocycles. The average molecular weight is 203 g/mol. The van der Waals surface area contributed by atoms with Gasteiger partial charge in [-0.3, -0.25) is 0 Å². The highest BCUT2D eigenvalue weighted by molar-refractivity contribution is 5.35. The highest BCUT2D eigenvalue weighted by atomic mass is 16.5. The van der Waals surface area contributed by atoms with Crippen LogP contribution in [0.5, 0.6) is 5.75 Å². The largest absolute Gasteiger partial charge is 0.508 e. The molecule has 15 heavy (non-hydrogen) atoms. The van der Waals surface area contributed by atoms with Gasteiger partial charge in [0.25, 0.3) is 0 Å². The van der Waals surface area contributed by atoms with Crippen LogP contribution in [0.4, 0.5) is 0 Å². The van der Waals surface area contributed by atoms with E-state index in [0.29, 0.717) is 0 Å². The number of rotatable bonds is 2. The van der Waals surface area contributed by atoms with Crippen molar-refractivity contribution in [3.8, 4) is 5.75 Å². The fourth-order valence-corrected chi connectivity index (χ4v) is 1.56. The summed E-state index contributed by atoms with van der Waals surface area (Å²) in [5, 5.41) is 12.9. The molecule has 0 bridgehead atoms. The molecular weight excluding hydrogens is 190 g/mol. The lowest BCUT2D eigenvalue weighted by molar-refractivity contribution is 0.340. The van der Waals surface area contributed by atoms with Gasteiger partial charge in [-0.2, -0.15) is 0 Å². The zero-order chi connectivity index (χ0) is 10.9. The smallest absolute Gasteiger partial charge is 0.146 e. The third-order valence-corrected chi connectivity index (χ3v) is 2.64. The van der Waals surface area contributed by atoms with Gasteiger partial charge in [0.15, 0.2) is 0 Å². The van der Waals surface area contributed by atoms with Crippen molar-refractivity contribution in [3.05, 3.63) is 47.9 Å². The van der Waals surface area contributed by atoms with E-state index in [1.165, 1.54) is 0 Å². The molecule has 0 fully saturated rings. The first kappa shape index (κ1) is 9.77. The van der Waals surface area contributed by atoms with Crippen molar-refractivity contribution in [3.63, 3.8) is 0 Å². The van der Waals surface area contributed by atoms with Gasteiger partial charge in [-0.25, -0.2) is 0 Å². The predicted molar refractivity (Wildman–Crippen MR) is 56.7 cm³/mol. The minimum Gasteiger partial charge on any atom is -0.508 e. The maximum absolute atomic E-state index is 9.22. The molecule has 0 unspecified atom stereocenters. The molecule has 2 rings (SSSR count). The topological polar surface area (TPSA) is 46.3 Å². The number of phenolic OH excluding ortho intramolecular Hbond substituents is 1. The lowest BCUT2D eigenvalue weighted by atomic mass is 9.82. The summed E-state index contributed by atoms with van der Waals surface area (Å²) >= 11 is 0. The van der Waals surface area contributed by atoms with Crippen LogP contribution >= 0.6 is 0 Å². The maximum atomic E-state index is 9.22. The Bertz CT molecular complexity index is 429. The van der Waals surface area contributed by atoms with Crippen molar-refractivity contribution in [2.24, 2.45) is 0 Å². The Kier molecular flexibility index (Phi) is 2.23. The van der Waals surface area contributed by atoms with E-state index in [-0.39, 0.29) is 11.2 Å². The lowest BCUT2D eigenvalue weighted by Crippen LogP contribution is -2.17. The molecule has 1 heterocycles. The van der Waals surface area contributed by atoms with Crippen molar-refractivity contribution in [1.29, 1.82) is 0 Å². The van der Waals surface area contributed by atoms with Gasteiger partial charge in [-0.15, -0.1) is 0 Å². The molecule has 0 aliphatic carbocycles. The SMILES string of the molecule is CC(C)(c1ccc(O)cc1)c1ccno1. The summed E-state index contributed by atoms with van der Waals surface area (Å²) in [7, 11) is 0. The first-order chi connectivity index (χ1) is 7.10. The van der Waals surface area contributed by atoms with Crippen LogP contribution in [-0.2, 0) is 5.41 Å². The fourth-order valence-electron chi connectivity index (χ4n) is 1.56. The Morgan fingerprint density at radius 3 is 2.33 bits per heavy atom. The monoisotopic (exact) mass is 203 g/mol. The second-order valence-corrected chi connectivity index (χ2v) is 4.05. The molecular formula is C12H13NO2. The number of nitrogens with zero attached hydrogens (tertiary/aromatic N) is 1.